The molecule has 0 unspecified atom stereocenters. The van der Waals surface area contributed by atoms with E-state index in [9.17, 15) is 9.90 Å². The standard InChI is InChI=1S/C23H21ClN4O2/c1-23(2)11-17-19(18(30)12-23)20(15-5-3-4-6-16(15)24)28-22(25-17)26-21(27-28)13-7-9-14(29)10-8-13/h3-10,20,29H,11-12H2,1-2H3,(H,25,26,27)/t20-/m0/s1. The smallest absolute Gasteiger partial charge is 0.226 e. The number of aromatic hydroxyl groups is 1. The van der Waals surface area contributed by atoms with Crippen molar-refractivity contribution in [3.8, 4) is 17.1 Å². The highest BCUT2D eigenvalue weighted by atomic mass is 35.5. The van der Waals surface area contributed by atoms with Crippen LogP contribution in [0.3, 0.4) is 0 Å². The molecule has 1 atom stereocenters. The summed E-state index contributed by atoms with van der Waals surface area (Å²) >= 11 is 6.56. The lowest BCUT2D eigenvalue weighted by molar-refractivity contribution is -0.118. The van der Waals surface area contributed by atoms with E-state index in [4.69, 9.17) is 21.7 Å². The summed E-state index contributed by atoms with van der Waals surface area (Å²) in [6.45, 7) is 4.20. The molecule has 152 valence electrons. The molecule has 0 spiro atoms. The van der Waals surface area contributed by atoms with Crippen LogP contribution in [0.2, 0.25) is 5.02 Å². The molecule has 2 aliphatic rings. The SMILES string of the molecule is CC1(C)CC(=O)C2=C(C1)Nc1nc(-c3ccc(O)cc3)nn1[C@H]2c1ccccc1Cl. The first-order valence-electron chi connectivity index (χ1n) is 9.86. The fraction of sp³-hybridized carbons (Fsp3) is 0.261. The van der Waals surface area contributed by atoms with E-state index in [0.29, 0.717) is 28.8 Å². The summed E-state index contributed by atoms with van der Waals surface area (Å²) in [5.74, 6) is 1.37. The number of hydrogen-bond acceptors (Lipinski definition) is 5. The van der Waals surface area contributed by atoms with Gasteiger partial charge in [-0.3, -0.25) is 4.79 Å². The van der Waals surface area contributed by atoms with Gasteiger partial charge in [0, 0.05) is 33.8 Å². The number of hydrogen-bond donors (Lipinski definition) is 2. The summed E-state index contributed by atoms with van der Waals surface area (Å²) in [6, 6.07) is 13.8. The number of nitrogens with zero attached hydrogens (tertiary/aromatic N) is 3. The molecule has 2 heterocycles. The Balaban J connectivity index is 1.70. The van der Waals surface area contributed by atoms with Gasteiger partial charge in [0.15, 0.2) is 11.6 Å². The normalized spacial score (nSPS) is 19.8. The second kappa shape index (κ2) is 6.71. The Hall–Kier alpha value is -3.12. The predicted octanol–water partition coefficient (Wildman–Crippen LogP) is 4.96. The van der Waals surface area contributed by atoms with Crippen molar-refractivity contribution >= 4 is 23.3 Å². The van der Waals surface area contributed by atoms with Crippen LogP contribution in [0.4, 0.5) is 5.95 Å². The molecule has 6 nitrogen and oxygen atoms in total. The van der Waals surface area contributed by atoms with Gasteiger partial charge in [-0.15, -0.1) is 5.10 Å². The highest BCUT2D eigenvalue weighted by Crippen LogP contribution is 2.46. The monoisotopic (exact) mass is 420 g/mol. The lowest BCUT2D eigenvalue weighted by Gasteiger charge is -2.38. The van der Waals surface area contributed by atoms with Crippen molar-refractivity contribution in [2.24, 2.45) is 5.41 Å². The molecule has 0 fully saturated rings. The Labute approximate surface area is 179 Å². The number of aromatic nitrogens is 3. The predicted molar refractivity (Wildman–Crippen MR) is 115 cm³/mol. The third-order valence-corrected chi connectivity index (χ3v) is 6.00. The molecule has 1 aliphatic heterocycles. The minimum Gasteiger partial charge on any atom is -0.508 e. The molecule has 1 aliphatic carbocycles. The van der Waals surface area contributed by atoms with Crippen molar-refractivity contribution in [1.82, 2.24) is 14.8 Å². The van der Waals surface area contributed by atoms with Crippen LogP contribution in [0.5, 0.6) is 5.75 Å². The lowest BCUT2D eigenvalue weighted by atomic mass is 9.73. The average molecular weight is 421 g/mol. The number of nitrogens with one attached hydrogen (secondary N) is 1. The van der Waals surface area contributed by atoms with Crippen LogP contribution in [0.15, 0.2) is 59.8 Å². The van der Waals surface area contributed by atoms with Crippen molar-refractivity contribution in [1.29, 1.82) is 0 Å². The summed E-state index contributed by atoms with van der Waals surface area (Å²) in [4.78, 5) is 17.9. The molecule has 0 bridgehead atoms. The van der Waals surface area contributed by atoms with E-state index < -0.39 is 6.04 Å². The van der Waals surface area contributed by atoms with Gasteiger partial charge in [-0.05, 0) is 42.2 Å². The Kier molecular flexibility index (Phi) is 4.22. The summed E-state index contributed by atoms with van der Waals surface area (Å²) in [5, 5.41) is 18.3. The van der Waals surface area contributed by atoms with Gasteiger partial charge < -0.3 is 10.4 Å². The van der Waals surface area contributed by atoms with E-state index >= 15 is 0 Å². The number of carbonyl (C=O) groups is 1. The maximum absolute atomic E-state index is 13.2. The number of benzene rings is 2. The van der Waals surface area contributed by atoms with Crippen LogP contribution in [-0.4, -0.2) is 25.7 Å². The van der Waals surface area contributed by atoms with Crippen LogP contribution in [0.1, 0.15) is 38.3 Å². The van der Waals surface area contributed by atoms with Crippen molar-refractivity contribution < 1.29 is 9.90 Å². The molecule has 0 saturated carbocycles. The first-order valence-corrected chi connectivity index (χ1v) is 10.2. The Morgan fingerprint density at radius 1 is 1.13 bits per heavy atom. The first kappa shape index (κ1) is 18.9. The zero-order valence-corrected chi connectivity index (χ0v) is 17.4. The van der Waals surface area contributed by atoms with Gasteiger partial charge in [0.1, 0.15) is 11.8 Å². The van der Waals surface area contributed by atoms with Crippen molar-refractivity contribution in [3.63, 3.8) is 0 Å². The Bertz CT molecular complexity index is 1190. The molecule has 0 radical (unpaired) electrons. The first-order chi connectivity index (χ1) is 14.3. The number of rotatable bonds is 2. The topological polar surface area (TPSA) is 80.0 Å². The molecule has 1 aromatic heterocycles. The summed E-state index contributed by atoms with van der Waals surface area (Å²) in [7, 11) is 0. The van der Waals surface area contributed by atoms with Crippen molar-refractivity contribution in [2.75, 3.05) is 5.32 Å². The zero-order chi connectivity index (χ0) is 21.0. The third-order valence-electron chi connectivity index (χ3n) is 5.66. The fourth-order valence-electron chi connectivity index (χ4n) is 4.33. The second-order valence-corrected chi connectivity index (χ2v) is 9.04. The van der Waals surface area contributed by atoms with E-state index in [0.717, 1.165) is 23.2 Å². The van der Waals surface area contributed by atoms with Crippen LogP contribution in [0, 0.1) is 5.41 Å². The quantitative estimate of drug-likeness (QED) is 0.612. The van der Waals surface area contributed by atoms with E-state index in [-0.39, 0.29) is 16.9 Å². The highest BCUT2D eigenvalue weighted by Gasteiger charge is 2.42. The van der Waals surface area contributed by atoms with E-state index in [2.05, 4.69) is 19.2 Å². The Morgan fingerprint density at radius 3 is 2.60 bits per heavy atom. The van der Waals surface area contributed by atoms with Gasteiger partial charge in [-0.25, -0.2) is 4.68 Å². The second-order valence-electron chi connectivity index (χ2n) is 8.63. The highest BCUT2D eigenvalue weighted by molar-refractivity contribution is 6.31. The molecule has 7 heteroatoms. The Morgan fingerprint density at radius 2 is 1.87 bits per heavy atom. The molecule has 5 rings (SSSR count). The molecule has 30 heavy (non-hydrogen) atoms. The molecule has 0 amide bonds. The van der Waals surface area contributed by atoms with Gasteiger partial charge >= 0.3 is 0 Å². The number of phenols is 1. The molecule has 0 saturated heterocycles. The summed E-state index contributed by atoms with van der Waals surface area (Å²) < 4.78 is 1.75. The number of allylic oxidation sites excluding steroid dienone is 2. The number of fused-ring (bicyclic) bond motifs is 1. The number of ketones is 1. The summed E-state index contributed by atoms with van der Waals surface area (Å²) in [5.41, 5.74) is 3.06. The number of halogens is 1. The minimum absolute atomic E-state index is 0.103. The van der Waals surface area contributed by atoms with Crippen molar-refractivity contribution in [2.45, 2.75) is 32.7 Å². The van der Waals surface area contributed by atoms with Crippen LogP contribution < -0.4 is 5.32 Å². The molecule has 2 N–H and O–H groups in total. The average Bonchev–Trinajstić information content (AvgIpc) is 3.10. The lowest BCUT2D eigenvalue weighted by Crippen LogP contribution is -2.36. The largest absolute Gasteiger partial charge is 0.508 e. The zero-order valence-electron chi connectivity index (χ0n) is 16.7. The van der Waals surface area contributed by atoms with Gasteiger partial charge in [0.2, 0.25) is 5.95 Å². The van der Waals surface area contributed by atoms with Gasteiger partial charge in [0.05, 0.1) is 0 Å². The van der Waals surface area contributed by atoms with Crippen LogP contribution in [-0.2, 0) is 4.79 Å². The van der Waals surface area contributed by atoms with Crippen molar-refractivity contribution in [3.05, 3.63) is 70.4 Å². The number of Topliss-reactive ketones (excluding diaryl/α,β-unsaturated/α-hetero) is 1. The van der Waals surface area contributed by atoms with E-state index in [1.165, 1.54) is 0 Å². The number of anilines is 1. The fourth-order valence-corrected chi connectivity index (χ4v) is 4.57. The van der Waals surface area contributed by atoms with Gasteiger partial charge in [-0.1, -0.05) is 43.6 Å². The molecule has 3 aromatic rings. The van der Waals surface area contributed by atoms with Gasteiger partial charge in [0.25, 0.3) is 0 Å². The summed E-state index contributed by atoms with van der Waals surface area (Å²) in [6.07, 6.45) is 1.22. The molecular formula is C23H21ClN4O2. The van der Waals surface area contributed by atoms with Crippen LogP contribution >= 0.6 is 11.6 Å². The maximum atomic E-state index is 13.2. The number of carbonyl (C=O) groups excluding carboxylic acids is 1. The minimum atomic E-state index is -0.438. The van der Waals surface area contributed by atoms with E-state index in [1.54, 1.807) is 28.9 Å². The number of phenolic OH excluding ortho intramolecular Hbond substituents is 1. The van der Waals surface area contributed by atoms with Gasteiger partial charge in [-0.2, -0.15) is 4.98 Å². The molecular weight excluding hydrogens is 400 g/mol. The maximum Gasteiger partial charge on any atom is 0.226 e. The van der Waals surface area contributed by atoms with Crippen LogP contribution in [0.25, 0.3) is 11.4 Å². The van der Waals surface area contributed by atoms with E-state index in [1.807, 2.05) is 24.3 Å². The molecule has 2 aromatic carbocycles. The third kappa shape index (κ3) is 3.08.